The van der Waals surface area contributed by atoms with Crippen molar-refractivity contribution in [3.63, 3.8) is 0 Å². The predicted molar refractivity (Wildman–Crippen MR) is 65.3 cm³/mol. The monoisotopic (exact) mass is 238 g/mol. The third-order valence-corrected chi connectivity index (χ3v) is 2.27. The SMILES string of the molecule is CCCNCCNC(=O)c1cccc(O)c1O. The van der Waals surface area contributed by atoms with Gasteiger partial charge in [0.25, 0.3) is 5.91 Å². The van der Waals surface area contributed by atoms with Crippen LogP contribution >= 0.6 is 0 Å². The number of carbonyl (C=O) groups is 1. The fourth-order valence-electron chi connectivity index (χ4n) is 1.38. The van der Waals surface area contributed by atoms with Crippen molar-refractivity contribution >= 4 is 5.91 Å². The molecule has 0 atom stereocenters. The van der Waals surface area contributed by atoms with Gasteiger partial charge in [-0.25, -0.2) is 0 Å². The number of hydrogen-bond donors (Lipinski definition) is 4. The summed E-state index contributed by atoms with van der Waals surface area (Å²) in [7, 11) is 0. The minimum atomic E-state index is -0.392. The molecule has 1 rings (SSSR count). The number of phenols is 2. The first kappa shape index (κ1) is 13.3. The normalized spacial score (nSPS) is 10.2. The third kappa shape index (κ3) is 3.96. The highest BCUT2D eigenvalue weighted by Gasteiger charge is 2.12. The minimum absolute atomic E-state index is 0.0838. The molecule has 5 heteroatoms. The zero-order chi connectivity index (χ0) is 12.7. The number of hydrogen-bond acceptors (Lipinski definition) is 4. The molecule has 0 heterocycles. The van der Waals surface area contributed by atoms with E-state index in [0.717, 1.165) is 13.0 Å². The van der Waals surface area contributed by atoms with Crippen molar-refractivity contribution in [1.82, 2.24) is 10.6 Å². The topological polar surface area (TPSA) is 81.6 Å². The Morgan fingerprint density at radius 1 is 1.24 bits per heavy atom. The molecule has 0 aliphatic rings. The molecule has 0 radical (unpaired) electrons. The van der Waals surface area contributed by atoms with E-state index in [-0.39, 0.29) is 17.1 Å². The summed E-state index contributed by atoms with van der Waals surface area (Å²) in [5, 5.41) is 24.5. The van der Waals surface area contributed by atoms with Crippen LogP contribution in [0.5, 0.6) is 11.5 Å². The molecule has 0 aliphatic heterocycles. The van der Waals surface area contributed by atoms with E-state index in [9.17, 15) is 15.0 Å². The lowest BCUT2D eigenvalue weighted by Crippen LogP contribution is -2.32. The minimum Gasteiger partial charge on any atom is -0.504 e. The quantitative estimate of drug-likeness (QED) is 0.437. The summed E-state index contributed by atoms with van der Waals surface area (Å²) in [6, 6.07) is 4.30. The molecule has 0 aliphatic carbocycles. The Balaban J connectivity index is 2.44. The fraction of sp³-hybridized carbons (Fsp3) is 0.417. The van der Waals surface area contributed by atoms with Crippen LogP contribution in [0.4, 0.5) is 0 Å². The highest BCUT2D eigenvalue weighted by Crippen LogP contribution is 2.27. The zero-order valence-electron chi connectivity index (χ0n) is 9.86. The Kier molecular flexibility index (Phi) is 5.29. The van der Waals surface area contributed by atoms with E-state index in [1.807, 2.05) is 0 Å². The van der Waals surface area contributed by atoms with Crippen molar-refractivity contribution in [2.24, 2.45) is 0 Å². The summed E-state index contributed by atoms with van der Waals surface area (Å²) in [5.74, 6) is -1.06. The van der Waals surface area contributed by atoms with E-state index in [1.165, 1.54) is 18.2 Å². The Morgan fingerprint density at radius 3 is 2.71 bits per heavy atom. The largest absolute Gasteiger partial charge is 0.504 e. The van der Waals surface area contributed by atoms with Crippen LogP contribution in [0, 0.1) is 0 Å². The fourth-order valence-corrected chi connectivity index (χ4v) is 1.38. The van der Waals surface area contributed by atoms with Gasteiger partial charge < -0.3 is 20.8 Å². The van der Waals surface area contributed by atoms with Crippen LogP contribution in [0.3, 0.4) is 0 Å². The summed E-state index contributed by atoms with van der Waals surface area (Å²) in [5.41, 5.74) is 0.0838. The van der Waals surface area contributed by atoms with E-state index in [2.05, 4.69) is 17.6 Å². The number of aromatic hydroxyl groups is 2. The van der Waals surface area contributed by atoms with E-state index >= 15 is 0 Å². The molecular weight excluding hydrogens is 220 g/mol. The van der Waals surface area contributed by atoms with Gasteiger partial charge in [0.15, 0.2) is 11.5 Å². The first-order valence-corrected chi connectivity index (χ1v) is 5.66. The standard InChI is InChI=1S/C12H18N2O3/c1-2-6-13-7-8-14-12(17)9-4-3-5-10(15)11(9)16/h3-5,13,15-16H,2,6-8H2,1H3,(H,14,17). The Bertz CT molecular complexity index is 380. The molecule has 0 bridgehead atoms. The summed E-state index contributed by atoms with van der Waals surface area (Å²) in [6.45, 7) is 4.14. The Morgan fingerprint density at radius 2 is 2.00 bits per heavy atom. The van der Waals surface area contributed by atoms with Crippen LogP contribution in [0.15, 0.2) is 18.2 Å². The highest BCUT2D eigenvalue weighted by molar-refractivity contribution is 5.97. The van der Waals surface area contributed by atoms with Crippen molar-refractivity contribution < 1.29 is 15.0 Å². The molecule has 17 heavy (non-hydrogen) atoms. The maximum Gasteiger partial charge on any atom is 0.255 e. The molecule has 1 aromatic rings. The van der Waals surface area contributed by atoms with E-state index in [4.69, 9.17) is 0 Å². The number of carbonyl (C=O) groups excluding carboxylic acids is 1. The number of phenolic OH excluding ortho intramolecular Hbond substituents is 2. The second-order valence-electron chi connectivity index (χ2n) is 3.68. The lowest BCUT2D eigenvalue weighted by Gasteiger charge is -2.08. The number of amides is 1. The molecular formula is C12H18N2O3. The second kappa shape index (κ2) is 6.75. The lowest BCUT2D eigenvalue weighted by atomic mass is 10.1. The molecule has 0 aromatic heterocycles. The Hall–Kier alpha value is -1.75. The van der Waals surface area contributed by atoms with Crippen LogP contribution in [0.1, 0.15) is 23.7 Å². The first-order chi connectivity index (χ1) is 8.16. The van der Waals surface area contributed by atoms with Gasteiger partial charge in [0, 0.05) is 13.1 Å². The molecule has 4 N–H and O–H groups in total. The maximum atomic E-state index is 11.6. The van der Waals surface area contributed by atoms with Crippen molar-refractivity contribution in [1.29, 1.82) is 0 Å². The van der Waals surface area contributed by atoms with Crippen LogP contribution in [-0.4, -0.2) is 35.8 Å². The second-order valence-corrected chi connectivity index (χ2v) is 3.68. The van der Waals surface area contributed by atoms with Crippen molar-refractivity contribution in [3.05, 3.63) is 23.8 Å². The predicted octanol–water partition coefficient (Wildman–Crippen LogP) is 0.827. The first-order valence-electron chi connectivity index (χ1n) is 5.66. The average molecular weight is 238 g/mol. The number of benzene rings is 1. The van der Waals surface area contributed by atoms with Crippen LogP contribution in [-0.2, 0) is 0 Å². The van der Waals surface area contributed by atoms with E-state index < -0.39 is 5.91 Å². The molecule has 94 valence electrons. The van der Waals surface area contributed by atoms with Crippen molar-refractivity contribution in [3.8, 4) is 11.5 Å². The molecule has 0 fully saturated rings. The summed E-state index contributed by atoms with van der Waals surface area (Å²) < 4.78 is 0. The summed E-state index contributed by atoms with van der Waals surface area (Å²) >= 11 is 0. The molecule has 0 saturated carbocycles. The van der Waals surface area contributed by atoms with Gasteiger partial charge in [-0.1, -0.05) is 13.0 Å². The van der Waals surface area contributed by atoms with Crippen LogP contribution in [0.2, 0.25) is 0 Å². The van der Waals surface area contributed by atoms with E-state index in [0.29, 0.717) is 13.1 Å². The van der Waals surface area contributed by atoms with Gasteiger partial charge in [0.1, 0.15) is 0 Å². The summed E-state index contributed by atoms with van der Waals surface area (Å²) in [6.07, 6.45) is 1.04. The number of nitrogens with one attached hydrogen (secondary N) is 2. The lowest BCUT2D eigenvalue weighted by molar-refractivity contribution is 0.0950. The molecule has 0 saturated heterocycles. The average Bonchev–Trinajstić information content (AvgIpc) is 2.32. The van der Waals surface area contributed by atoms with Crippen LogP contribution < -0.4 is 10.6 Å². The smallest absolute Gasteiger partial charge is 0.255 e. The molecule has 1 amide bonds. The summed E-state index contributed by atoms with van der Waals surface area (Å²) in [4.78, 5) is 11.6. The Labute approximate surface area is 100 Å². The number of para-hydroxylation sites is 1. The molecule has 0 unspecified atom stereocenters. The van der Waals surface area contributed by atoms with Gasteiger partial charge in [-0.05, 0) is 25.1 Å². The van der Waals surface area contributed by atoms with Gasteiger partial charge in [-0.2, -0.15) is 0 Å². The number of rotatable bonds is 6. The van der Waals surface area contributed by atoms with Crippen LogP contribution in [0.25, 0.3) is 0 Å². The van der Waals surface area contributed by atoms with Gasteiger partial charge in [-0.15, -0.1) is 0 Å². The van der Waals surface area contributed by atoms with Gasteiger partial charge in [0.05, 0.1) is 5.56 Å². The van der Waals surface area contributed by atoms with Crippen molar-refractivity contribution in [2.45, 2.75) is 13.3 Å². The zero-order valence-corrected chi connectivity index (χ0v) is 9.86. The highest BCUT2D eigenvalue weighted by atomic mass is 16.3. The van der Waals surface area contributed by atoms with Crippen molar-refractivity contribution in [2.75, 3.05) is 19.6 Å². The molecule has 5 nitrogen and oxygen atoms in total. The molecule has 1 aromatic carbocycles. The molecule has 0 spiro atoms. The van der Waals surface area contributed by atoms with E-state index in [1.54, 1.807) is 0 Å². The van der Waals surface area contributed by atoms with Gasteiger partial charge >= 0.3 is 0 Å². The maximum absolute atomic E-state index is 11.6. The van der Waals surface area contributed by atoms with Gasteiger partial charge in [0.2, 0.25) is 0 Å². The third-order valence-electron chi connectivity index (χ3n) is 2.27. The van der Waals surface area contributed by atoms with Gasteiger partial charge in [-0.3, -0.25) is 4.79 Å².